The number of carbonyl (C=O) groups excluding carboxylic acids is 1. The van der Waals surface area contributed by atoms with E-state index in [4.69, 9.17) is 4.74 Å². The van der Waals surface area contributed by atoms with Crippen molar-refractivity contribution in [3.8, 4) is 0 Å². The van der Waals surface area contributed by atoms with Crippen molar-refractivity contribution in [3.05, 3.63) is 0 Å². The van der Waals surface area contributed by atoms with Crippen LogP contribution in [0.25, 0.3) is 0 Å². The summed E-state index contributed by atoms with van der Waals surface area (Å²) in [5, 5.41) is 12.8. The molecule has 0 bridgehead atoms. The first-order valence-corrected chi connectivity index (χ1v) is 7.09. The minimum absolute atomic E-state index is 0.236. The number of nitrogens with zero attached hydrogens (tertiary/aromatic N) is 1. The van der Waals surface area contributed by atoms with Crippen molar-refractivity contribution in [2.75, 3.05) is 13.1 Å². The molecule has 2 N–H and O–H groups in total. The van der Waals surface area contributed by atoms with Crippen LogP contribution in [0.15, 0.2) is 0 Å². The highest BCUT2D eigenvalue weighted by Crippen LogP contribution is 2.16. The topological polar surface area (TPSA) is 61.8 Å². The summed E-state index contributed by atoms with van der Waals surface area (Å²) in [6, 6.07) is 0.546. The minimum atomic E-state index is -0.442. The molecule has 0 aromatic heterocycles. The Bertz CT molecular complexity index is 300. The van der Waals surface area contributed by atoms with Crippen molar-refractivity contribution in [2.45, 2.75) is 71.2 Å². The lowest BCUT2D eigenvalue weighted by molar-refractivity contribution is 0.0290. The molecule has 1 heterocycles. The second kappa shape index (κ2) is 6.57. The molecular formula is C14H28N2O3. The van der Waals surface area contributed by atoms with Crippen LogP contribution in [0.5, 0.6) is 0 Å². The molecule has 0 radical (unpaired) electrons. The van der Waals surface area contributed by atoms with Gasteiger partial charge in [0.2, 0.25) is 0 Å². The zero-order valence-corrected chi connectivity index (χ0v) is 12.8. The molecule has 0 aliphatic carbocycles. The maximum Gasteiger partial charge on any atom is 0.410 e. The number of hydrogen-bond donors (Lipinski definition) is 2. The molecule has 19 heavy (non-hydrogen) atoms. The summed E-state index contributed by atoms with van der Waals surface area (Å²) in [7, 11) is 0. The molecule has 0 spiro atoms. The number of aliphatic hydroxyl groups excluding tert-OH is 1. The predicted molar refractivity (Wildman–Crippen MR) is 75.1 cm³/mol. The van der Waals surface area contributed by atoms with E-state index in [0.717, 1.165) is 19.4 Å². The fraction of sp³-hybridized carbons (Fsp3) is 0.929. The molecule has 1 aliphatic heterocycles. The molecule has 0 aromatic rings. The van der Waals surface area contributed by atoms with Crippen molar-refractivity contribution < 1.29 is 14.6 Å². The first kappa shape index (κ1) is 16.2. The third-order valence-corrected chi connectivity index (χ3v) is 3.05. The molecule has 112 valence electrons. The summed E-state index contributed by atoms with van der Waals surface area (Å²) < 4.78 is 5.36. The molecule has 3 unspecified atom stereocenters. The summed E-state index contributed by atoms with van der Waals surface area (Å²) in [6.45, 7) is 10.9. The quantitative estimate of drug-likeness (QED) is 0.818. The van der Waals surface area contributed by atoms with Crippen LogP contribution >= 0.6 is 0 Å². The maximum absolute atomic E-state index is 11.9. The molecule has 0 saturated carbocycles. The van der Waals surface area contributed by atoms with Crippen molar-refractivity contribution in [1.29, 1.82) is 0 Å². The zero-order chi connectivity index (χ0) is 14.6. The van der Waals surface area contributed by atoms with Crippen molar-refractivity contribution in [1.82, 2.24) is 10.2 Å². The molecule has 0 aromatic carbocycles. The Labute approximate surface area is 116 Å². The SMILES string of the molecule is CC(O)CC(C)NC1CCN(C(=O)OC(C)(C)C)C1. The van der Waals surface area contributed by atoms with Crippen molar-refractivity contribution in [2.24, 2.45) is 0 Å². The number of amides is 1. The van der Waals surface area contributed by atoms with Crippen LogP contribution in [0.3, 0.4) is 0 Å². The van der Waals surface area contributed by atoms with Crippen LogP contribution in [-0.2, 0) is 4.74 Å². The third-order valence-electron chi connectivity index (χ3n) is 3.05. The van der Waals surface area contributed by atoms with E-state index in [-0.39, 0.29) is 18.2 Å². The Morgan fingerprint density at radius 2 is 2.11 bits per heavy atom. The van der Waals surface area contributed by atoms with Gasteiger partial charge in [-0.2, -0.15) is 0 Å². The average molecular weight is 272 g/mol. The molecule has 1 rings (SSSR count). The van der Waals surface area contributed by atoms with E-state index in [9.17, 15) is 9.90 Å². The number of ether oxygens (including phenoxy) is 1. The Kier molecular flexibility index (Phi) is 5.62. The van der Waals surface area contributed by atoms with Gasteiger partial charge >= 0.3 is 6.09 Å². The Balaban J connectivity index is 2.35. The number of rotatable bonds is 4. The lowest BCUT2D eigenvalue weighted by Crippen LogP contribution is -2.41. The van der Waals surface area contributed by atoms with Gasteiger partial charge in [0, 0.05) is 25.2 Å². The van der Waals surface area contributed by atoms with Crippen LogP contribution in [-0.4, -0.2) is 53.0 Å². The van der Waals surface area contributed by atoms with Crippen LogP contribution in [0.4, 0.5) is 4.79 Å². The molecule has 5 heteroatoms. The number of likely N-dealkylation sites (tertiary alicyclic amines) is 1. The van der Waals surface area contributed by atoms with Gasteiger partial charge in [0.25, 0.3) is 0 Å². The highest BCUT2D eigenvalue weighted by molar-refractivity contribution is 5.68. The number of carbonyl (C=O) groups is 1. The molecule has 1 amide bonds. The monoisotopic (exact) mass is 272 g/mol. The van der Waals surface area contributed by atoms with Gasteiger partial charge in [0.1, 0.15) is 5.60 Å². The summed E-state index contributed by atoms with van der Waals surface area (Å²) in [5.41, 5.74) is -0.442. The van der Waals surface area contributed by atoms with Crippen LogP contribution in [0.1, 0.15) is 47.5 Å². The van der Waals surface area contributed by atoms with Crippen LogP contribution in [0, 0.1) is 0 Å². The predicted octanol–water partition coefficient (Wildman–Crippen LogP) is 1.74. The van der Waals surface area contributed by atoms with E-state index in [0.29, 0.717) is 12.6 Å². The fourth-order valence-corrected chi connectivity index (χ4v) is 2.37. The Morgan fingerprint density at radius 1 is 1.47 bits per heavy atom. The maximum atomic E-state index is 11.9. The van der Waals surface area contributed by atoms with Gasteiger partial charge < -0.3 is 20.1 Å². The summed E-state index contributed by atoms with van der Waals surface area (Å²) in [5.74, 6) is 0. The van der Waals surface area contributed by atoms with Crippen molar-refractivity contribution >= 4 is 6.09 Å². The molecule has 1 saturated heterocycles. The van der Waals surface area contributed by atoms with E-state index in [2.05, 4.69) is 12.2 Å². The molecule has 1 fully saturated rings. The summed E-state index contributed by atoms with van der Waals surface area (Å²) >= 11 is 0. The van der Waals surface area contributed by atoms with Gasteiger partial charge in [-0.1, -0.05) is 0 Å². The van der Waals surface area contributed by atoms with E-state index in [1.54, 1.807) is 11.8 Å². The van der Waals surface area contributed by atoms with E-state index >= 15 is 0 Å². The number of nitrogens with one attached hydrogen (secondary N) is 1. The van der Waals surface area contributed by atoms with Crippen molar-refractivity contribution in [3.63, 3.8) is 0 Å². The van der Waals surface area contributed by atoms with Gasteiger partial charge in [-0.05, 0) is 47.5 Å². The molecule has 3 atom stereocenters. The highest BCUT2D eigenvalue weighted by atomic mass is 16.6. The highest BCUT2D eigenvalue weighted by Gasteiger charge is 2.30. The van der Waals surface area contributed by atoms with E-state index < -0.39 is 5.60 Å². The average Bonchev–Trinajstić information content (AvgIpc) is 2.61. The van der Waals surface area contributed by atoms with E-state index in [1.165, 1.54) is 0 Å². The standard InChI is InChI=1S/C14H28N2O3/c1-10(8-11(2)17)15-12-6-7-16(9-12)13(18)19-14(3,4)5/h10-12,15,17H,6-9H2,1-5H3. The first-order chi connectivity index (χ1) is 8.67. The largest absolute Gasteiger partial charge is 0.444 e. The summed E-state index contributed by atoms with van der Waals surface area (Å²) in [6.07, 6.45) is 1.12. The second-order valence-corrected chi connectivity index (χ2v) is 6.56. The lowest BCUT2D eigenvalue weighted by atomic mass is 10.1. The van der Waals surface area contributed by atoms with Gasteiger partial charge in [-0.15, -0.1) is 0 Å². The van der Waals surface area contributed by atoms with Gasteiger partial charge in [-0.25, -0.2) is 4.79 Å². The normalized spacial score (nSPS) is 23.3. The minimum Gasteiger partial charge on any atom is -0.444 e. The fourth-order valence-electron chi connectivity index (χ4n) is 2.37. The smallest absolute Gasteiger partial charge is 0.410 e. The Morgan fingerprint density at radius 3 is 2.63 bits per heavy atom. The molecular weight excluding hydrogens is 244 g/mol. The zero-order valence-electron chi connectivity index (χ0n) is 12.8. The van der Waals surface area contributed by atoms with E-state index in [1.807, 2.05) is 20.8 Å². The third kappa shape index (κ3) is 6.25. The van der Waals surface area contributed by atoms with Crippen LogP contribution < -0.4 is 5.32 Å². The van der Waals surface area contributed by atoms with Crippen LogP contribution in [0.2, 0.25) is 0 Å². The lowest BCUT2D eigenvalue weighted by Gasteiger charge is -2.25. The number of aliphatic hydroxyl groups is 1. The second-order valence-electron chi connectivity index (χ2n) is 6.56. The van der Waals surface area contributed by atoms with Gasteiger partial charge in [0.05, 0.1) is 6.10 Å². The number of hydrogen-bond acceptors (Lipinski definition) is 4. The first-order valence-electron chi connectivity index (χ1n) is 7.09. The van der Waals surface area contributed by atoms with Gasteiger partial charge in [0.15, 0.2) is 0 Å². The Hall–Kier alpha value is -0.810. The molecule has 1 aliphatic rings. The summed E-state index contributed by atoms with van der Waals surface area (Å²) in [4.78, 5) is 13.7. The molecule has 5 nitrogen and oxygen atoms in total. The van der Waals surface area contributed by atoms with Gasteiger partial charge in [-0.3, -0.25) is 0 Å².